The summed E-state index contributed by atoms with van der Waals surface area (Å²) in [5.41, 5.74) is 0.869. The summed E-state index contributed by atoms with van der Waals surface area (Å²) in [7, 11) is -1.69. The highest BCUT2D eigenvalue weighted by Crippen LogP contribution is 2.05. The van der Waals surface area contributed by atoms with Gasteiger partial charge in [0, 0.05) is 6.04 Å². The molecule has 1 aromatic carbocycles. The molecule has 0 radical (unpaired) electrons. The molecule has 0 saturated carbocycles. The lowest BCUT2D eigenvalue weighted by Crippen LogP contribution is -2.52. The number of carbonyl (C=O) groups excluding carboxylic acids is 2. The molecular formula is C16H23BN2O4. The summed E-state index contributed by atoms with van der Waals surface area (Å²) in [5, 5.41) is 21.5. The van der Waals surface area contributed by atoms with E-state index in [0.717, 1.165) is 11.6 Å². The van der Waals surface area contributed by atoms with Crippen LogP contribution in [0, 0.1) is 0 Å². The molecule has 0 bridgehead atoms. The third-order valence-corrected chi connectivity index (χ3v) is 3.40. The van der Waals surface area contributed by atoms with Crippen molar-refractivity contribution in [2.24, 2.45) is 0 Å². The Morgan fingerprint density at radius 2 is 1.91 bits per heavy atom. The smallest absolute Gasteiger partial charge is 0.426 e. The average Bonchev–Trinajstić information content (AvgIpc) is 2.51. The van der Waals surface area contributed by atoms with Crippen LogP contribution in [0.5, 0.6) is 0 Å². The molecule has 0 aromatic heterocycles. The number of nitrogens with one attached hydrogen (secondary N) is 1. The maximum atomic E-state index is 12.1. The Bertz CT molecular complexity index is 534. The molecule has 23 heavy (non-hydrogen) atoms. The summed E-state index contributed by atoms with van der Waals surface area (Å²) in [6, 6.07) is 9.03. The quantitative estimate of drug-likeness (QED) is 0.470. The van der Waals surface area contributed by atoms with Crippen molar-refractivity contribution >= 4 is 18.9 Å². The summed E-state index contributed by atoms with van der Waals surface area (Å²) in [5.74, 6) is -1.65. The maximum absolute atomic E-state index is 12.1. The Hall–Kier alpha value is -2.12. The Morgan fingerprint density at radius 3 is 2.39 bits per heavy atom. The predicted molar refractivity (Wildman–Crippen MR) is 89.3 cm³/mol. The van der Waals surface area contributed by atoms with Crippen molar-refractivity contribution in [2.75, 3.05) is 6.54 Å². The molecule has 1 atom stereocenters. The molecule has 0 aliphatic carbocycles. The zero-order chi connectivity index (χ0) is 17.4. The number of nitrogens with zero attached hydrogens (tertiary/aromatic N) is 1. The first-order chi connectivity index (χ1) is 10.8. The molecular weight excluding hydrogens is 295 g/mol. The molecule has 1 rings (SSSR count). The highest BCUT2D eigenvalue weighted by Gasteiger charge is 2.27. The van der Waals surface area contributed by atoms with E-state index >= 15 is 0 Å². The van der Waals surface area contributed by atoms with Gasteiger partial charge in [0.2, 0.25) is 11.8 Å². The van der Waals surface area contributed by atoms with Crippen molar-refractivity contribution < 1.29 is 19.6 Å². The maximum Gasteiger partial charge on any atom is 0.475 e. The van der Waals surface area contributed by atoms with Gasteiger partial charge in [0.25, 0.3) is 0 Å². The van der Waals surface area contributed by atoms with Crippen LogP contribution in [-0.4, -0.2) is 52.4 Å². The molecule has 3 N–H and O–H groups in total. The van der Waals surface area contributed by atoms with E-state index in [1.54, 1.807) is 13.8 Å². The van der Waals surface area contributed by atoms with Crippen molar-refractivity contribution in [1.29, 1.82) is 0 Å². The standard InChI is InChI=1S/C16H23BN2O4/c1-4-16(21)19(12(2)3)11-15(20)18-14(17(22)23)10-13-8-6-5-7-9-13/h4-9,12,14,22-23H,1,10-11H2,2-3H3,(H,18,20)/t14-/m0/s1. The minimum Gasteiger partial charge on any atom is -0.426 e. The minimum atomic E-state index is -1.69. The van der Waals surface area contributed by atoms with Crippen LogP contribution in [0.15, 0.2) is 43.0 Å². The summed E-state index contributed by atoms with van der Waals surface area (Å²) in [6.45, 7) is 6.82. The van der Waals surface area contributed by atoms with E-state index in [1.165, 1.54) is 4.90 Å². The number of amides is 2. The number of rotatable bonds is 8. The zero-order valence-electron chi connectivity index (χ0n) is 13.5. The topological polar surface area (TPSA) is 89.9 Å². The van der Waals surface area contributed by atoms with Gasteiger partial charge >= 0.3 is 7.12 Å². The van der Waals surface area contributed by atoms with Crippen molar-refractivity contribution in [2.45, 2.75) is 32.3 Å². The first-order valence-electron chi connectivity index (χ1n) is 7.47. The fourth-order valence-corrected chi connectivity index (χ4v) is 2.14. The number of hydrogen-bond acceptors (Lipinski definition) is 4. The number of hydrogen-bond donors (Lipinski definition) is 3. The highest BCUT2D eigenvalue weighted by atomic mass is 16.4. The monoisotopic (exact) mass is 318 g/mol. The van der Waals surface area contributed by atoms with E-state index in [9.17, 15) is 19.6 Å². The third-order valence-electron chi connectivity index (χ3n) is 3.40. The lowest BCUT2D eigenvalue weighted by atomic mass is 9.76. The Balaban J connectivity index is 2.70. The molecule has 6 nitrogen and oxygen atoms in total. The average molecular weight is 318 g/mol. The van der Waals surface area contributed by atoms with Gasteiger partial charge in [0.1, 0.15) is 6.54 Å². The van der Waals surface area contributed by atoms with Crippen LogP contribution >= 0.6 is 0 Å². The van der Waals surface area contributed by atoms with Gasteiger partial charge in [-0.05, 0) is 31.9 Å². The Labute approximate surface area is 137 Å². The van der Waals surface area contributed by atoms with Gasteiger partial charge in [0.15, 0.2) is 0 Å². The van der Waals surface area contributed by atoms with E-state index < -0.39 is 19.0 Å². The summed E-state index contributed by atoms with van der Waals surface area (Å²) in [6.07, 6.45) is 1.43. The molecule has 0 aliphatic heterocycles. The molecule has 124 valence electrons. The van der Waals surface area contributed by atoms with Crippen molar-refractivity contribution in [3.8, 4) is 0 Å². The van der Waals surface area contributed by atoms with Gasteiger partial charge in [-0.15, -0.1) is 0 Å². The van der Waals surface area contributed by atoms with Crippen molar-refractivity contribution in [3.63, 3.8) is 0 Å². The van der Waals surface area contributed by atoms with Crippen LogP contribution in [0.3, 0.4) is 0 Å². The van der Waals surface area contributed by atoms with Crippen LogP contribution in [0.2, 0.25) is 0 Å². The fraction of sp³-hybridized carbons (Fsp3) is 0.375. The van der Waals surface area contributed by atoms with Gasteiger partial charge < -0.3 is 20.3 Å². The van der Waals surface area contributed by atoms with Gasteiger partial charge in [-0.1, -0.05) is 36.9 Å². The molecule has 0 unspecified atom stereocenters. The normalized spacial score (nSPS) is 11.7. The number of carbonyl (C=O) groups is 2. The third kappa shape index (κ3) is 6.26. The molecule has 0 fully saturated rings. The van der Waals surface area contributed by atoms with Crippen LogP contribution in [0.1, 0.15) is 19.4 Å². The van der Waals surface area contributed by atoms with Gasteiger partial charge in [-0.2, -0.15) is 0 Å². The van der Waals surface area contributed by atoms with E-state index in [4.69, 9.17) is 0 Å². The van der Waals surface area contributed by atoms with E-state index in [0.29, 0.717) is 0 Å². The second kappa shape index (κ2) is 9.12. The van der Waals surface area contributed by atoms with E-state index in [2.05, 4.69) is 11.9 Å². The SMILES string of the molecule is C=CC(=O)N(CC(=O)N[C@@H](Cc1ccccc1)B(O)O)C(C)C. The Kier molecular flexibility index (Phi) is 7.51. The molecule has 0 aliphatic rings. The second-order valence-electron chi connectivity index (χ2n) is 5.54. The van der Waals surface area contributed by atoms with Crippen molar-refractivity contribution in [1.82, 2.24) is 10.2 Å². The second-order valence-corrected chi connectivity index (χ2v) is 5.54. The van der Waals surface area contributed by atoms with Crippen molar-refractivity contribution in [3.05, 3.63) is 48.6 Å². The summed E-state index contributed by atoms with van der Waals surface area (Å²) >= 11 is 0. The lowest BCUT2D eigenvalue weighted by Gasteiger charge is -2.26. The fourth-order valence-electron chi connectivity index (χ4n) is 2.14. The predicted octanol–water partition coefficient (Wildman–Crippen LogP) is 0.149. The summed E-state index contributed by atoms with van der Waals surface area (Å²) < 4.78 is 0. The lowest BCUT2D eigenvalue weighted by molar-refractivity contribution is -0.134. The van der Waals surface area contributed by atoms with Crippen LogP contribution < -0.4 is 5.32 Å². The first kappa shape index (κ1) is 18.9. The van der Waals surface area contributed by atoms with Crippen LogP contribution in [0.4, 0.5) is 0 Å². The molecule has 2 amide bonds. The molecule has 0 saturated heterocycles. The Morgan fingerprint density at radius 1 is 1.30 bits per heavy atom. The zero-order valence-corrected chi connectivity index (χ0v) is 13.5. The highest BCUT2D eigenvalue weighted by molar-refractivity contribution is 6.43. The van der Waals surface area contributed by atoms with Gasteiger partial charge in [-0.25, -0.2) is 0 Å². The largest absolute Gasteiger partial charge is 0.475 e. The van der Waals surface area contributed by atoms with Crippen LogP contribution in [-0.2, 0) is 16.0 Å². The minimum absolute atomic E-state index is 0.166. The van der Waals surface area contributed by atoms with Gasteiger partial charge in [0.05, 0.1) is 5.94 Å². The van der Waals surface area contributed by atoms with Gasteiger partial charge in [-0.3, -0.25) is 9.59 Å². The molecule has 0 spiro atoms. The molecule has 7 heteroatoms. The molecule has 1 aromatic rings. The van der Waals surface area contributed by atoms with E-state index in [-0.39, 0.29) is 24.9 Å². The summed E-state index contributed by atoms with van der Waals surface area (Å²) in [4.78, 5) is 25.2. The number of benzene rings is 1. The van der Waals surface area contributed by atoms with Crippen LogP contribution in [0.25, 0.3) is 0 Å². The van der Waals surface area contributed by atoms with E-state index in [1.807, 2.05) is 30.3 Å². The first-order valence-corrected chi connectivity index (χ1v) is 7.47. The molecule has 0 heterocycles.